The number of carboxylic acids is 1. The molecule has 30 heavy (non-hydrogen) atoms. The number of aliphatic hydroxyl groups excluding tert-OH is 3. The van der Waals surface area contributed by atoms with Gasteiger partial charge < -0.3 is 20.4 Å². The molecule has 0 spiro atoms. The average Bonchev–Trinajstić information content (AvgIpc) is 2.99. The normalized spacial score (nSPS) is 54.0. The summed E-state index contributed by atoms with van der Waals surface area (Å²) in [5.74, 6) is 0.504. The zero-order valence-electron chi connectivity index (χ0n) is 19.1. The topological polar surface area (TPSA) is 98.0 Å². The highest BCUT2D eigenvalue weighted by Gasteiger charge is 2.67. The minimum absolute atomic E-state index is 0.0463. The fraction of sp³-hybridized carbons (Fsp3) is 0.960. The maximum absolute atomic E-state index is 11.7. The van der Waals surface area contributed by atoms with Crippen LogP contribution in [-0.4, -0.2) is 44.7 Å². The van der Waals surface area contributed by atoms with Crippen LogP contribution in [0, 0.1) is 52.3 Å². The van der Waals surface area contributed by atoms with E-state index in [1.165, 1.54) is 0 Å². The van der Waals surface area contributed by atoms with E-state index in [0.29, 0.717) is 12.3 Å². The maximum atomic E-state index is 11.7. The number of carboxylic acid groups (broad SMARTS) is 1. The third kappa shape index (κ3) is 3.17. The molecule has 4 N–H and O–H groups in total. The van der Waals surface area contributed by atoms with Crippen LogP contribution in [0.3, 0.4) is 0 Å². The van der Waals surface area contributed by atoms with Gasteiger partial charge in [-0.3, -0.25) is 4.79 Å². The van der Waals surface area contributed by atoms with Crippen LogP contribution in [0.5, 0.6) is 0 Å². The molecule has 0 radical (unpaired) electrons. The van der Waals surface area contributed by atoms with Gasteiger partial charge in [-0.05, 0) is 90.8 Å². The molecule has 0 heterocycles. The molecule has 4 fully saturated rings. The first-order valence-corrected chi connectivity index (χ1v) is 12.3. The molecular formula is C25H42O5. The van der Waals surface area contributed by atoms with Gasteiger partial charge in [-0.15, -0.1) is 0 Å². The summed E-state index contributed by atoms with van der Waals surface area (Å²) in [5, 5.41) is 43.0. The predicted octanol–water partition coefficient (Wildman–Crippen LogP) is 3.69. The van der Waals surface area contributed by atoms with Crippen LogP contribution in [0.25, 0.3) is 0 Å². The first-order chi connectivity index (χ1) is 14.0. The van der Waals surface area contributed by atoms with Gasteiger partial charge in [0.25, 0.3) is 0 Å². The first-order valence-electron chi connectivity index (χ1n) is 12.3. The highest BCUT2D eigenvalue weighted by atomic mass is 16.4. The van der Waals surface area contributed by atoms with Gasteiger partial charge in [0, 0.05) is 6.42 Å². The fourth-order valence-corrected chi connectivity index (χ4v) is 9.46. The lowest BCUT2D eigenvalue weighted by molar-refractivity contribution is -0.235. The van der Waals surface area contributed by atoms with Gasteiger partial charge >= 0.3 is 5.97 Å². The summed E-state index contributed by atoms with van der Waals surface area (Å²) in [6.07, 6.45) is 5.04. The van der Waals surface area contributed by atoms with Crippen LogP contribution in [0.4, 0.5) is 0 Å². The van der Waals surface area contributed by atoms with E-state index in [-0.39, 0.29) is 58.9 Å². The first kappa shape index (κ1) is 22.5. The summed E-state index contributed by atoms with van der Waals surface area (Å²) < 4.78 is 0. The molecule has 172 valence electrons. The Morgan fingerprint density at radius 3 is 2.40 bits per heavy atom. The van der Waals surface area contributed by atoms with Gasteiger partial charge in [0.05, 0.1) is 18.3 Å². The molecule has 4 aliphatic carbocycles. The second-order valence-corrected chi connectivity index (χ2v) is 11.8. The van der Waals surface area contributed by atoms with E-state index in [2.05, 4.69) is 27.7 Å². The Kier molecular flexibility index (Phi) is 5.81. The van der Waals surface area contributed by atoms with Crippen LogP contribution in [0.1, 0.15) is 79.1 Å². The quantitative estimate of drug-likeness (QED) is 0.554. The number of aliphatic hydroxyl groups is 3. The van der Waals surface area contributed by atoms with Crippen LogP contribution in [0.2, 0.25) is 0 Å². The summed E-state index contributed by atoms with van der Waals surface area (Å²) >= 11 is 0. The lowest BCUT2D eigenvalue weighted by Gasteiger charge is -2.66. The third-order valence-corrected chi connectivity index (χ3v) is 10.6. The number of hydrogen-bond acceptors (Lipinski definition) is 4. The number of aliphatic carboxylic acids is 1. The Balaban J connectivity index is 1.71. The van der Waals surface area contributed by atoms with Crippen LogP contribution < -0.4 is 0 Å². The van der Waals surface area contributed by atoms with E-state index in [9.17, 15) is 25.2 Å². The van der Waals surface area contributed by atoms with Crippen LogP contribution >= 0.6 is 0 Å². The number of rotatable bonds is 4. The summed E-state index contributed by atoms with van der Waals surface area (Å²) in [6, 6.07) is 0. The maximum Gasteiger partial charge on any atom is 0.303 e. The highest BCUT2D eigenvalue weighted by molar-refractivity contribution is 5.67. The summed E-state index contributed by atoms with van der Waals surface area (Å²) in [4.78, 5) is 11.4. The Morgan fingerprint density at radius 1 is 1.07 bits per heavy atom. The van der Waals surface area contributed by atoms with E-state index in [4.69, 9.17) is 0 Å². The van der Waals surface area contributed by atoms with Crippen LogP contribution in [-0.2, 0) is 4.79 Å². The van der Waals surface area contributed by atoms with Crippen molar-refractivity contribution in [1.29, 1.82) is 0 Å². The van der Waals surface area contributed by atoms with E-state index in [1.54, 1.807) is 0 Å². The van der Waals surface area contributed by atoms with Crippen molar-refractivity contribution in [2.75, 3.05) is 0 Å². The Morgan fingerprint density at radius 2 is 1.77 bits per heavy atom. The standard InChI is InChI=1S/C25H42O5/c1-5-15-18-11-14(26)8-9-24(18,3)22-19(27)12-25(4)16(13(2)10-20(28)29)6-7-17(25)21(22)23(15)30/h13-19,21-23,26-27,30H,5-12H2,1-4H3,(H,28,29)/t13-,14-,15-,16-,17?,18+,19+,21?,22?,23-,24+,25-/m1/s1. The van der Waals surface area contributed by atoms with Crippen molar-refractivity contribution in [3.8, 4) is 0 Å². The smallest absolute Gasteiger partial charge is 0.303 e. The largest absolute Gasteiger partial charge is 0.481 e. The van der Waals surface area contributed by atoms with Crippen molar-refractivity contribution in [3.05, 3.63) is 0 Å². The predicted molar refractivity (Wildman–Crippen MR) is 115 cm³/mol. The molecule has 0 aromatic carbocycles. The van der Waals surface area contributed by atoms with E-state index >= 15 is 0 Å². The molecule has 5 heteroatoms. The van der Waals surface area contributed by atoms with Gasteiger partial charge in [0.15, 0.2) is 0 Å². The second-order valence-electron chi connectivity index (χ2n) is 11.8. The Labute approximate surface area is 181 Å². The van der Waals surface area contributed by atoms with Gasteiger partial charge in [-0.1, -0.05) is 34.1 Å². The summed E-state index contributed by atoms with van der Waals surface area (Å²) in [6.45, 7) is 8.79. The molecule has 3 unspecified atom stereocenters. The van der Waals surface area contributed by atoms with Crippen molar-refractivity contribution in [3.63, 3.8) is 0 Å². The second kappa shape index (κ2) is 7.74. The minimum atomic E-state index is -0.747. The van der Waals surface area contributed by atoms with E-state index in [1.807, 2.05) is 0 Å². The highest BCUT2D eigenvalue weighted by Crippen LogP contribution is 2.69. The average molecular weight is 423 g/mol. The van der Waals surface area contributed by atoms with Gasteiger partial charge in [-0.25, -0.2) is 0 Å². The SMILES string of the molecule is CC[C@H]1[C@@H](O)C2C3CC[C@H]([C@H](C)CC(=O)O)[C@@]3(C)C[C@H](O)C2[C@@]2(C)CC[C@@H](O)C[C@@H]12. The van der Waals surface area contributed by atoms with Crippen molar-refractivity contribution < 1.29 is 25.2 Å². The lowest BCUT2D eigenvalue weighted by atomic mass is 9.40. The molecule has 0 bridgehead atoms. The van der Waals surface area contributed by atoms with Crippen molar-refractivity contribution in [2.45, 2.75) is 97.4 Å². The van der Waals surface area contributed by atoms with Gasteiger partial charge in [0.2, 0.25) is 0 Å². The Hall–Kier alpha value is -0.650. The molecular weight excluding hydrogens is 380 g/mol. The number of fused-ring (bicyclic) bond motifs is 5. The molecule has 0 aromatic heterocycles. The van der Waals surface area contributed by atoms with Crippen molar-refractivity contribution in [2.24, 2.45) is 52.3 Å². The molecule has 12 atom stereocenters. The van der Waals surface area contributed by atoms with E-state index < -0.39 is 18.2 Å². The van der Waals surface area contributed by atoms with Crippen molar-refractivity contribution in [1.82, 2.24) is 0 Å². The fourth-order valence-electron chi connectivity index (χ4n) is 9.46. The molecule has 4 saturated carbocycles. The monoisotopic (exact) mass is 422 g/mol. The zero-order valence-corrected chi connectivity index (χ0v) is 19.1. The van der Waals surface area contributed by atoms with Gasteiger partial charge in [-0.2, -0.15) is 0 Å². The molecule has 4 rings (SSSR count). The third-order valence-electron chi connectivity index (χ3n) is 10.6. The molecule has 0 aliphatic heterocycles. The zero-order chi connectivity index (χ0) is 22.0. The lowest BCUT2D eigenvalue weighted by Crippen LogP contribution is -2.65. The molecule has 0 saturated heterocycles. The Bertz CT molecular complexity index is 666. The molecule has 5 nitrogen and oxygen atoms in total. The van der Waals surface area contributed by atoms with Crippen molar-refractivity contribution >= 4 is 5.97 Å². The van der Waals surface area contributed by atoms with E-state index in [0.717, 1.165) is 38.5 Å². The number of carbonyl (C=O) groups is 1. The molecule has 0 aromatic rings. The van der Waals surface area contributed by atoms with Crippen LogP contribution in [0.15, 0.2) is 0 Å². The summed E-state index contributed by atoms with van der Waals surface area (Å²) in [7, 11) is 0. The molecule has 0 amide bonds. The minimum Gasteiger partial charge on any atom is -0.481 e. The summed E-state index contributed by atoms with van der Waals surface area (Å²) in [5.41, 5.74) is -0.165. The number of hydrogen-bond donors (Lipinski definition) is 4. The van der Waals surface area contributed by atoms with Gasteiger partial charge in [0.1, 0.15) is 0 Å². The molecule has 4 aliphatic rings.